The maximum absolute atomic E-state index is 11.4. The van der Waals surface area contributed by atoms with Gasteiger partial charge in [0.25, 0.3) is 0 Å². The van der Waals surface area contributed by atoms with E-state index in [2.05, 4.69) is 5.32 Å². The van der Waals surface area contributed by atoms with Gasteiger partial charge in [0, 0.05) is 12.5 Å². The Balaban J connectivity index is 2.11. The van der Waals surface area contributed by atoms with E-state index in [-0.39, 0.29) is 29.6 Å². The lowest BCUT2D eigenvalue weighted by Crippen LogP contribution is -2.59. The van der Waals surface area contributed by atoms with Crippen LogP contribution in [0, 0.1) is 5.92 Å². The van der Waals surface area contributed by atoms with Gasteiger partial charge in [-0.2, -0.15) is 0 Å². The van der Waals surface area contributed by atoms with E-state index in [0.29, 0.717) is 0 Å². The molecule has 0 aromatic carbocycles. The number of methoxy groups -OCH3 is 1. The van der Waals surface area contributed by atoms with E-state index in [0.717, 1.165) is 6.54 Å². The Morgan fingerprint density at radius 3 is 2.85 bits per heavy atom. The van der Waals surface area contributed by atoms with E-state index in [1.165, 1.54) is 7.11 Å². The average molecular weight is 185 g/mol. The second-order valence-corrected chi connectivity index (χ2v) is 4.19. The Morgan fingerprint density at radius 2 is 2.31 bits per heavy atom. The quantitative estimate of drug-likeness (QED) is 0.581. The molecule has 0 amide bonds. The summed E-state index contributed by atoms with van der Waals surface area (Å²) < 4.78 is 10.3. The van der Waals surface area contributed by atoms with Gasteiger partial charge < -0.3 is 14.8 Å². The zero-order valence-corrected chi connectivity index (χ0v) is 8.16. The molecule has 2 aliphatic heterocycles. The Labute approximate surface area is 77.6 Å². The van der Waals surface area contributed by atoms with Gasteiger partial charge in [0.15, 0.2) is 0 Å². The van der Waals surface area contributed by atoms with Crippen molar-refractivity contribution < 1.29 is 14.3 Å². The average Bonchev–Trinajstić information content (AvgIpc) is 2.42. The van der Waals surface area contributed by atoms with E-state index < -0.39 is 0 Å². The Kier molecular flexibility index (Phi) is 1.85. The molecule has 74 valence electrons. The van der Waals surface area contributed by atoms with Gasteiger partial charge >= 0.3 is 5.97 Å². The van der Waals surface area contributed by atoms with Crippen molar-refractivity contribution in [3.05, 3.63) is 0 Å². The van der Waals surface area contributed by atoms with E-state index in [1.54, 1.807) is 0 Å². The van der Waals surface area contributed by atoms with Gasteiger partial charge in [-0.1, -0.05) is 0 Å². The standard InChI is InChI=1S/C9H15NO3/c1-9(2)6-5(13-9)4-10-7(6)8(11)12-3/h5-7,10H,4H2,1-3H3/t5-,6-,7-/m0/s1. The number of fused-ring (bicyclic) bond motifs is 1. The summed E-state index contributed by atoms with van der Waals surface area (Å²) >= 11 is 0. The minimum atomic E-state index is -0.187. The number of carbonyl (C=O) groups excluding carboxylic acids is 1. The third-order valence-corrected chi connectivity index (χ3v) is 3.01. The first-order chi connectivity index (χ1) is 6.06. The molecule has 0 aromatic heterocycles. The van der Waals surface area contributed by atoms with Gasteiger partial charge in [0.1, 0.15) is 6.04 Å². The number of nitrogens with one attached hydrogen (secondary N) is 1. The minimum Gasteiger partial charge on any atom is -0.468 e. The Hall–Kier alpha value is -0.610. The van der Waals surface area contributed by atoms with E-state index in [1.807, 2.05) is 13.8 Å². The van der Waals surface area contributed by atoms with Crippen molar-refractivity contribution in [1.29, 1.82) is 0 Å². The lowest BCUT2D eigenvalue weighted by molar-refractivity contribution is -0.227. The molecule has 2 aliphatic rings. The topological polar surface area (TPSA) is 47.6 Å². The zero-order valence-electron chi connectivity index (χ0n) is 8.16. The van der Waals surface area contributed by atoms with Crippen molar-refractivity contribution >= 4 is 5.97 Å². The van der Waals surface area contributed by atoms with Crippen molar-refractivity contribution in [1.82, 2.24) is 5.32 Å². The number of hydrogen-bond acceptors (Lipinski definition) is 4. The summed E-state index contributed by atoms with van der Waals surface area (Å²) in [4.78, 5) is 11.4. The zero-order chi connectivity index (χ0) is 9.64. The lowest BCUT2D eigenvalue weighted by Gasteiger charge is -2.48. The molecule has 2 saturated heterocycles. The maximum atomic E-state index is 11.4. The molecule has 0 bridgehead atoms. The first-order valence-electron chi connectivity index (χ1n) is 4.55. The minimum absolute atomic E-state index is 0.177. The highest BCUT2D eigenvalue weighted by Crippen LogP contribution is 2.43. The van der Waals surface area contributed by atoms with Crippen LogP contribution < -0.4 is 5.32 Å². The molecular weight excluding hydrogens is 170 g/mol. The molecule has 4 heteroatoms. The summed E-state index contributed by atoms with van der Waals surface area (Å²) in [5, 5.41) is 3.13. The lowest BCUT2D eigenvalue weighted by atomic mass is 9.77. The van der Waals surface area contributed by atoms with Crippen LogP contribution in [-0.2, 0) is 14.3 Å². The van der Waals surface area contributed by atoms with Crippen LogP contribution in [0.3, 0.4) is 0 Å². The predicted octanol–water partition coefficient (Wildman–Crippen LogP) is -0.0752. The first kappa shape index (κ1) is 8.97. The summed E-state index contributed by atoms with van der Waals surface area (Å²) in [6.07, 6.45) is 0.194. The molecule has 2 fully saturated rings. The molecule has 3 atom stereocenters. The van der Waals surface area contributed by atoms with Gasteiger partial charge in [-0.3, -0.25) is 4.79 Å². The summed E-state index contributed by atoms with van der Waals surface area (Å²) in [7, 11) is 1.42. The summed E-state index contributed by atoms with van der Waals surface area (Å²) in [6.45, 7) is 4.78. The van der Waals surface area contributed by atoms with E-state index in [4.69, 9.17) is 9.47 Å². The molecule has 13 heavy (non-hydrogen) atoms. The number of esters is 1. The van der Waals surface area contributed by atoms with Gasteiger partial charge in [0.2, 0.25) is 0 Å². The van der Waals surface area contributed by atoms with Crippen molar-refractivity contribution in [3.63, 3.8) is 0 Å². The highest BCUT2D eigenvalue weighted by atomic mass is 16.5. The van der Waals surface area contributed by atoms with Crippen LogP contribution in [-0.4, -0.2) is 37.4 Å². The van der Waals surface area contributed by atoms with Crippen LogP contribution in [0.25, 0.3) is 0 Å². The van der Waals surface area contributed by atoms with Crippen LogP contribution in [0.4, 0.5) is 0 Å². The fourth-order valence-electron chi connectivity index (χ4n) is 2.43. The van der Waals surface area contributed by atoms with Crippen LogP contribution in [0.5, 0.6) is 0 Å². The molecule has 0 saturated carbocycles. The molecule has 0 radical (unpaired) electrons. The van der Waals surface area contributed by atoms with Crippen LogP contribution >= 0.6 is 0 Å². The van der Waals surface area contributed by atoms with Gasteiger partial charge in [-0.15, -0.1) is 0 Å². The second-order valence-electron chi connectivity index (χ2n) is 4.19. The largest absolute Gasteiger partial charge is 0.468 e. The molecular formula is C9H15NO3. The van der Waals surface area contributed by atoms with Crippen molar-refractivity contribution in [2.24, 2.45) is 5.92 Å². The molecule has 0 spiro atoms. The smallest absolute Gasteiger partial charge is 0.323 e. The highest BCUT2D eigenvalue weighted by Gasteiger charge is 2.58. The summed E-state index contributed by atoms with van der Waals surface area (Å²) in [6, 6.07) is -0.182. The third kappa shape index (κ3) is 1.16. The monoisotopic (exact) mass is 185 g/mol. The molecule has 0 aromatic rings. The van der Waals surface area contributed by atoms with Crippen molar-refractivity contribution in [2.45, 2.75) is 31.6 Å². The molecule has 2 rings (SSSR count). The first-order valence-corrected chi connectivity index (χ1v) is 4.55. The van der Waals surface area contributed by atoms with Gasteiger partial charge in [0.05, 0.1) is 18.8 Å². The van der Waals surface area contributed by atoms with Gasteiger partial charge in [-0.05, 0) is 13.8 Å². The van der Waals surface area contributed by atoms with Crippen LogP contribution in [0.15, 0.2) is 0 Å². The normalized spacial score (nSPS) is 40.7. The van der Waals surface area contributed by atoms with Gasteiger partial charge in [-0.25, -0.2) is 0 Å². The molecule has 2 heterocycles. The van der Waals surface area contributed by atoms with Crippen molar-refractivity contribution in [3.8, 4) is 0 Å². The van der Waals surface area contributed by atoms with Crippen LogP contribution in [0.1, 0.15) is 13.8 Å². The molecule has 0 unspecified atom stereocenters. The molecule has 0 aliphatic carbocycles. The predicted molar refractivity (Wildman–Crippen MR) is 46.2 cm³/mol. The maximum Gasteiger partial charge on any atom is 0.323 e. The number of rotatable bonds is 1. The summed E-state index contributed by atoms with van der Waals surface area (Å²) in [5.41, 5.74) is -0.187. The van der Waals surface area contributed by atoms with Crippen molar-refractivity contribution in [2.75, 3.05) is 13.7 Å². The van der Waals surface area contributed by atoms with E-state index in [9.17, 15) is 4.79 Å². The fourth-order valence-corrected chi connectivity index (χ4v) is 2.43. The molecule has 1 N–H and O–H groups in total. The molecule has 4 nitrogen and oxygen atoms in total. The number of hydrogen-bond donors (Lipinski definition) is 1. The van der Waals surface area contributed by atoms with E-state index >= 15 is 0 Å². The third-order valence-electron chi connectivity index (χ3n) is 3.01. The van der Waals surface area contributed by atoms with Crippen LogP contribution in [0.2, 0.25) is 0 Å². The number of ether oxygens (including phenoxy) is 2. The highest BCUT2D eigenvalue weighted by molar-refractivity contribution is 5.77. The summed E-state index contributed by atoms with van der Waals surface area (Å²) in [5.74, 6) is 0.0869. The fraction of sp³-hybridized carbons (Fsp3) is 0.889. The SMILES string of the molecule is COC(=O)[C@H]1NC[C@@H]2OC(C)(C)[C@@H]21. The second kappa shape index (κ2) is 2.69. The Morgan fingerprint density at radius 1 is 1.62 bits per heavy atom. The Bertz CT molecular complexity index is 239. The number of carbonyl (C=O) groups is 1.